The Morgan fingerprint density at radius 2 is 1.90 bits per heavy atom. The third kappa shape index (κ3) is 5.42. The third-order valence-electron chi connectivity index (χ3n) is 8.13. The lowest BCUT2D eigenvalue weighted by molar-refractivity contribution is 0.0894. The number of fused-ring (bicyclic) bond motifs is 1. The number of amides is 2. The van der Waals surface area contributed by atoms with Crippen molar-refractivity contribution in [3.8, 4) is 5.69 Å². The van der Waals surface area contributed by atoms with Crippen LogP contribution in [0.5, 0.6) is 0 Å². The Kier molecular flexibility index (Phi) is 7.23. The maximum absolute atomic E-state index is 13.3. The Labute approximate surface area is 230 Å². The molecule has 2 amide bonds. The van der Waals surface area contributed by atoms with Crippen LogP contribution in [-0.4, -0.2) is 89.3 Å². The normalized spacial score (nSPS) is 22.8. The van der Waals surface area contributed by atoms with E-state index in [1.165, 1.54) is 0 Å². The second kappa shape index (κ2) is 10.2. The highest BCUT2D eigenvalue weighted by atomic mass is 32.2. The molecule has 5 rings (SSSR count). The Morgan fingerprint density at radius 3 is 2.56 bits per heavy atom. The molecule has 212 valence electrons. The summed E-state index contributed by atoms with van der Waals surface area (Å²) in [5.41, 5.74) is 9.00. The lowest BCUT2D eigenvalue weighted by Crippen LogP contribution is -2.50. The predicted octanol–water partition coefficient (Wildman–Crippen LogP) is 1.64. The van der Waals surface area contributed by atoms with Gasteiger partial charge in [-0.05, 0) is 78.2 Å². The van der Waals surface area contributed by atoms with Gasteiger partial charge in [-0.3, -0.25) is 9.59 Å². The molecule has 1 atom stereocenters. The molecule has 12 heteroatoms. The van der Waals surface area contributed by atoms with Crippen LogP contribution in [0.3, 0.4) is 0 Å². The summed E-state index contributed by atoms with van der Waals surface area (Å²) in [5.74, 6) is -0.691. The molecule has 0 radical (unpaired) electrons. The van der Waals surface area contributed by atoms with Crippen LogP contribution in [0.25, 0.3) is 5.69 Å². The second-order valence-electron chi connectivity index (χ2n) is 11.8. The van der Waals surface area contributed by atoms with Crippen LogP contribution < -0.4 is 16.4 Å². The van der Waals surface area contributed by atoms with Gasteiger partial charge >= 0.3 is 0 Å². The third-order valence-corrected chi connectivity index (χ3v) is 10.4. The van der Waals surface area contributed by atoms with Gasteiger partial charge in [-0.2, -0.15) is 5.10 Å². The van der Waals surface area contributed by atoms with Crippen LogP contribution >= 0.6 is 0 Å². The zero-order valence-corrected chi connectivity index (χ0v) is 24.0. The highest BCUT2D eigenvalue weighted by Crippen LogP contribution is 2.31. The number of primary amides is 1. The molecule has 3 aliphatic heterocycles. The summed E-state index contributed by atoms with van der Waals surface area (Å²) < 4.78 is 29.9. The molecule has 2 fully saturated rings. The number of hydrogen-bond donors (Lipinski definition) is 3. The number of rotatable bonds is 6. The van der Waals surface area contributed by atoms with Crippen molar-refractivity contribution in [1.29, 1.82) is 0 Å². The van der Waals surface area contributed by atoms with Gasteiger partial charge in [0.05, 0.1) is 33.5 Å². The average molecular weight is 558 g/mol. The molecule has 0 bridgehead atoms. The number of nitrogens with two attached hydrogens (primary N) is 1. The van der Waals surface area contributed by atoms with Gasteiger partial charge in [0.1, 0.15) is 0 Å². The lowest BCUT2D eigenvalue weighted by Gasteiger charge is -2.37. The fraction of sp³-hybridized carbons (Fsp3) is 0.593. The number of carbonyl (C=O) groups excluding carboxylic acids is 2. The number of aromatic nitrogens is 2. The first-order valence-electron chi connectivity index (χ1n) is 13.6. The number of anilines is 1. The van der Waals surface area contributed by atoms with E-state index < -0.39 is 21.5 Å². The van der Waals surface area contributed by atoms with Gasteiger partial charge in [0, 0.05) is 43.3 Å². The van der Waals surface area contributed by atoms with E-state index in [0.717, 1.165) is 24.3 Å². The van der Waals surface area contributed by atoms with Gasteiger partial charge in [0.25, 0.3) is 11.8 Å². The molecule has 11 nitrogen and oxygen atoms in total. The van der Waals surface area contributed by atoms with Crippen molar-refractivity contribution in [2.24, 2.45) is 5.73 Å². The first-order chi connectivity index (χ1) is 18.4. The molecule has 39 heavy (non-hydrogen) atoms. The molecule has 2 aromatic rings. The van der Waals surface area contributed by atoms with Crippen molar-refractivity contribution in [3.63, 3.8) is 0 Å². The molecule has 0 spiro atoms. The highest BCUT2D eigenvalue weighted by Gasteiger charge is 2.37. The first-order valence-corrected chi connectivity index (χ1v) is 15.2. The molecule has 2 saturated heterocycles. The van der Waals surface area contributed by atoms with Crippen molar-refractivity contribution in [2.75, 3.05) is 38.5 Å². The number of piperidine rings is 2. The van der Waals surface area contributed by atoms with Gasteiger partial charge in [-0.1, -0.05) is 0 Å². The Morgan fingerprint density at radius 1 is 1.18 bits per heavy atom. The van der Waals surface area contributed by atoms with Crippen LogP contribution in [0, 0.1) is 6.92 Å². The summed E-state index contributed by atoms with van der Waals surface area (Å²) in [6.07, 6.45) is 3.45. The summed E-state index contributed by atoms with van der Waals surface area (Å²) in [6.45, 7) is 8.14. The van der Waals surface area contributed by atoms with E-state index in [-0.39, 0.29) is 17.2 Å². The summed E-state index contributed by atoms with van der Waals surface area (Å²) in [6, 6.07) is 5.29. The Hall–Kier alpha value is -2.96. The second-order valence-corrected chi connectivity index (χ2v) is 14.0. The molecule has 3 aliphatic rings. The quantitative estimate of drug-likeness (QED) is 0.490. The van der Waals surface area contributed by atoms with Crippen molar-refractivity contribution in [3.05, 3.63) is 40.7 Å². The van der Waals surface area contributed by atoms with Gasteiger partial charge in [-0.25, -0.2) is 17.4 Å². The minimum absolute atomic E-state index is 0.0168. The van der Waals surface area contributed by atoms with E-state index in [9.17, 15) is 18.0 Å². The van der Waals surface area contributed by atoms with Crippen LogP contribution in [0.4, 0.5) is 5.69 Å². The van der Waals surface area contributed by atoms with E-state index >= 15 is 0 Å². The molecule has 4 heterocycles. The van der Waals surface area contributed by atoms with Crippen molar-refractivity contribution >= 4 is 27.5 Å². The molecular weight excluding hydrogens is 518 g/mol. The smallest absolute Gasteiger partial charge is 0.255 e. The van der Waals surface area contributed by atoms with Crippen molar-refractivity contribution < 1.29 is 18.0 Å². The number of nitrogens with one attached hydrogen (secondary N) is 2. The van der Waals surface area contributed by atoms with Crippen LogP contribution in [0.15, 0.2) is 18.2 Å². The van der Waals surface area contributed by atoms with Crippen molar-refractivity contribution in [1.82, 2.24) is 24.3 Å². The van der Waals surface area contributed by atoms with Gasteiger partial charge in [0.15, 0.2) is 0 Å². The average Bonchev–Trinajstić information content (AvgIpc) is 3.19. The van der Waals surface area contributed by atoms with Crippen LogP contribution in [0.2, 0.25) is 0 Å². The minimum atomic E-state index is -3.35. The predicted molar refractivity (Wildman–Crippen MR) is 150 cm³/mol. The largest absolute Gasteiger partial charge is 0.382 e. The Bertz CT molecular complexity index is 1390. The zero-order valence-electron chi connectivity index (χ0n) is 23.2. The molecule has 1 aromatic heterocycles. The lowest BCUT2D eigenvalue weighted by atomic mass is 9.90. The van der Waals surface area contributed by atoms with Gasteiger partial charge < -0.3 is 21.3 Å². The van der Waals surface area contributed by atoms with Crippen LogP contribution in [0.1, 0.15) is 71.6 Å². The summed E-state index contributed by atoms with van der Waals surface area (Å²) in [5, 5.41) is 10.8. The number of hydrogen-bond acceptors (Lipinski definition) is 7. The fourth-order valence-electron chi connectivity index (χ4n) is 6.13. The number of nitrogens with zero attached hydrogens (tertiary/aromatic N) is 4. The topological polar surface area (TPSA) is 143 Å². The maximum atomic E-state index is 13.3. The number of aryl methyl sites for hydroxylation is 1. The van der Waals surface area contributed by atoms with Gasteiger partial charge in [0.2, 0.25) is 10.0 Å². The minimum Gasteiger partial charge on any atom is -0.382 e. The van der Waals surface area contributed by atoms with Crippen molar-refractivity contribution in [2.45, 2.75) is 69.7 Å². The number of sulfonamides is 1. The molecule has 0 aliphatic carbocycles. The van der Waals surface area contributed by atoms with E-state index in [4.69, 9.17) is 5.73 Å². The molecule has 1 aromatic carbocycles. The molecule has 4 N–H and O–H groups in total. The summed E-state index contributed by atoms with van der Waals surface area (Å²) >= 11 is 0. The SMILES string of the molecule is Cc1nn(-c2ccc(C(N)=O)c(NC3CCN(S(=O)(=O)[C@H]4CCCN(C)C4)CC3)c2)c2c1C(=O)NC(C)(C)C2. The number of benzene rings is 1. The van der Waals surface area contributed by atoms with Crippen LogP contribution in [-0.2, 0) is 16.4 Å². The maximum Gasteiger partial charge on any atom is 0.255 e. The van der Waals surface area contributed by atoms with E-state index in [2.05, 4.69) is 20.6 Å². The Balaban J connectivity index is 1.36. The number of likely N-dealkylation sites (tertiary alicyclic amines) is 1. The summed E-state index contributed by atoms with van der Waals surface area (Å²) in [4.78, 5) is 27.1. The molecule has 0 unspecified atom stereocenters. The fourth-order valence-corrected chi connectivity index (χ4v) is 8.17. The molecular formula is C27H39N7O4S. The van der Waals surface area contributed by atoms with E-state index in [1.54, 1.807) is 21.1 Å². The van der Waals surface area contributed by atoms with E-state index in [1.807, 2.05) is 33.9 Å². The summed E-state index contributed by atoms with van der Waals surface area (Å²) in [7, 11) is -1.38. The zero-order chi connectivity index (χ0) is 28.1. The molecule has 0 saturated carbocycles. The standard InChI is InChI=1S/C27H39N7O4S/c1-17-24-23(15-27(2,3)30-26(24)36)34(31-17)19-7-8-21(25(28)35)22(14-19)29-18-9-12-33(13-10-18)39(37,38)20-6-5-11-32(4)16-20/h7-8,14,18,20,29H,5-6,9-13,15-16H2,1-4H3,(H2,28,35)(H,30,36)/t20-/m0/s1. The highest BCUT2D eigenvalue weighted by molar-refractivity contribution is 7.89. The van der Waals surface area contributed by atoms with E-state index in [0.29, 0.717) is 67.8 Å². The monoisotopic (exact) mass is 557 g/mol. The van der Waals surface area contributed by atoms with Gasteiger partial charge in [-0.15, -0.1) is 0 Å². The number of carbonyl (C=O) groups is 2. The first kappa shape index (κ1) is 27.6.